The van der Waals surface area contributed by atoms with Crippen molar-refractivity contribution >= 4 is 52.6 Å². The molecule has 0 aromatic heterocycles. The van der Waals surface area contributed by atoms with Gasteiger partial charge in [-0.25, -0.2) is 0 Å². The maximum absolute atomic E-state index is 13.4. The molecule has 0 spiro atoms. The van der Waals surface area contributed by atoms with E-state index in [1.807, 2.05) is 92.6 Å². The normalized spacial score (nSPS) is 11.0. The molecule has 0 saturated carbocycles. The van der Waals surface area contributed by atoms with Crippen LogP contribution in [0.15, 0.2) is 114 Å². The van der Waals surface area contributed by atoms with Crippen LogP contribution in [0, 0.1) is 6.92 Å². The Kier molecular flexibility index (Phi) is 9.96. The number of nitrogens with one attached hydrogen (secondary N) is 3. The van der Waals surface area contributed by atoms with Crippen LogP contribution in [0.2, 0.25) is 0 Å². The van der Waals surface area contributed by atoms with Crippen molar-refractivity contribution in [3.8, 4) is 0 Å². The Morgan fingerprint density at radius 1 is 0.780 bits per heavy atom. The number of hydrogen-bond acceptors (Lipinski definition) is 5. The summed E-state index contributed by atoms with van der Waals surface area (Å²) in [5, 5.41) is 8.54. The minimum absolute atomic E-state index is 0.104. The molecule has 41 heavy (non-hydrogen) atoms. The van der Waals surface area contributed by atoms with Gasteiger partial charge in [-0.2, -0.15) is 0 Å². The number of carbonyl (C=O) groups excluding carboxylic acids is 3. The molecule has 4 aromatic rings. The number of benzene rings is 4. The van der Waals surface area contributed by atoms with Crippen LogP contribution in [0.4, 0.5) is 17.1 Å². The zero-order valence-corrected chi connectivity index (χ0v) is 24.0. The van der Waals surface area contributed by atoms with Crippen LogP contribution in [0.3, 0.4) is 0 Å². The van der Waals surface area contributed by atoms with Gasteiger partial charge in [0.2, 0.25) is 5.91 Å². The van der Waals surface area contributed by atoms with Crippen molar-refractivity contribution in [2.45, 2.75) is 11.8 Å². The Labute approximate surface area is 244 Å². The first-order valence-corrected chi connectivity index (χ1v) is 14.0. The molecule has 0 radical (unpaired) electrons. The van der Waals surface area contributed by atoms with Gasteiger partial charge in [-0.05, 0) is 78.7 Å². The van der Waals surface area contributed by atoms with E-state index in [1.54, 1.807) is 42.5 Å². The Hall–Kier alpha value is -4.82. The standard InChI is InChI=1S/C33H32N4O3S/c1-23-9-7-12-26(19-23)34-31(38)22-41-29-14-8-13-27(21-29)35-33(40)30(36-32(39)25-10-5-4-6-11-25)20-24-15-17-28(18-16-24)37(2)3/h4-21H,22H2,1-3H3,(H,34,38)(H,35,40)(H,36,39)/b30-20+. The van der Waals surface area contributed by atoms with Gasteiger partial charge in [0.15, 0.2) is 0 Å². The first-order chi connectivity index (χ1) is 19.8. The summed E-state index contributed by atoms with van der Waals surface area (Å²) < 4.78 is 0. The Morgan fingerprint density at radius 3 is 2.15 bits per heavy atom. The topological polar surface area (TPSA) is 90.5 Å². The summed E-state index contributed by atoms with van der Waals surface area (Å²) in [5.74, 6) is -0.762. The third-order valence-corrected chi connectivity index (χ3v) is 7.01. The highest BCUT2D eigenvalue weighted by Crippen LogP contribution is 2.23. The van der Waals surface area contributed by atoms with E-state index in [-0.39, 0.29) is 23.3 Å². The fourth-order valence-corrected chi connectivity index (χ4v) is 4.66. The highest BCUT2D eigenvalue weighted by Gasteiger charge is 2.15. The maximum Gasteiger partial charge on any atom is 0.272 e. The summed E-state index contributed by atoms with van der Waals surface area (Å²) in [7, 11) is 3.90. The van der Waals surface area contributed by atoms with E-state index < -0.39 is 5.91 Å². The molecular weight excluding hydrogens is 532 g/mol. The molecule has 0 fully saturated rings. The zero-order chi connectivity index (χ0) is 29.2. The Balaban J connectivity index is 1.46. The molecule has 3 N–H and O–H groups in total. The van der Waals surface area contributed by atoms with Gasteiger partial charge < -0.3 is 20.9 Å². The van der Waals surface area contributed by atoms with E-state index >= 15 is 0 Å². The van der Waals surface area contributed by atoms with E-state index in [0.29, 0.717) is 11.3 Å². The molecule has 7 nitrogen and oxygen atoms in total. The van der Waals surface area contributed by atoms with Gasteiger partial charge in [0, 0.05) is 41.6 Å². The number of amides is 3. The zero-order valence-electron chi connectivity index (χ0n) is 23.2. The predicted molar refractivity (Wildman–Crippen MR) is 168 cm³/mol. The molecule has 0 atom stereocenters. The van der Waals surface area contributed by atoms with Crippen molar-refractivity contribution in [2.75, 3.05) is 35.4 Å². The van der Waals surface area contributed by atoms with Crippen LogP contribution in [0.25, 0.3) is 6.08 Å². The van der Waals surface area contributed by atoms with Gasteiger partial charge >= 0.3 is 0 Å². The van der Waals surface area contributed by atoms with Crippen molar-refractivity contribution in [3.63, 3.8) is 0 Å². The van der Waals surface area contributed by atoms with E-state index in [4.69, 9.17) is 0 Å². The minimum atomic E-state index is -0.467. The predicted octanol–water partition coefficient (Wildman–Crippen LogP) is 6.20. The average molecular weight is 565 g/mol. The van der Waals surface area contributed by atoms with Crippen molar-refractivity contribution < 1.29 is 14.4 Å². The lowest BCUT2D eigenvalue weighted by Crippen LogP contribution is -2.30. The SMILES string of the molecule is Cc1cccc(NC(=O)CSc2cccc(NC(=O)/C(=C\c3ccc(N(C)C)cc3)NC(=O)c3ccccc3)c2)c1. The summed E-state index contributed by atoms with van der Waals surface area (Å²) in [4.78, 5) is 41.6. The van der Waals surface area contributed by atoms with Crippen molar-refractivity contribution in [3.05, 3.63) is 126 Å². The molecule has 4 aromatic carbocycles. The van der Waals surface area contributed by atoms with Gasteiger partial charge in [0.05, 0.1) is 5.75 Å². The highest BCUT2D eigenvalue weighted by molar-refractivity contribution is 8.00. The summed E-state index contributed by atoms with van der Waals surface area (Å²) in [5.41, 5.74) is 4.69. The lowest BCUT2D eigenvalue weighted by Gasteiger charge is -2.14. The number of nitrogens with zero attached hydrogens (tertiary/aromatic N) is 1. The lowest BCUT2D eigenvalue weighted by molar-refractivity contribution is -0.114. The molecular formula is C33H32N4O3S. The molecule has 0 aliphatic carbocycles. The van der Waals surface area contributed by atoms with Crippen molar-refractivity contribution in [1.82, 2.24) is 5.32 Å². The summed E-state index contributed by atoms with van der Waals surface area (Å²) in [6.07, 6.45) is 1.64. The molecule has 0 saturated heterocycles. The van der Waals surface area contributed by atoms with Crippen LogP contribution < -0.4 is 20.9 Å². The average Bonchev–Trinajstić information content (AvgIpc) is 2.96. The first kappa shape index (κ1) is 29.2. The fraction of sp³-hybridized carbons (Fsp3) is 0.121. The smallest absolute Gasteiger partial charge is 0.272 e. The molecule has 4 rings (SSSR count). The van der Waals surface area contributed by atoms with E-state index in [0.717, 1.165) is 27.4 Å². The van der Waals surface area contributed by atoms with E-state index in [9.17, 15) is 14.4 Å². The van der Waals surface area contributed by atoms with Gasteiger partial charge in [-0.3, -0.25) is 14.4 Å². The minimum Gasteiger partial charge on any atom is -0.378 e. The largest absolute Gasteiger partial charge is 0.378 e. The van der Waals surface area contributed by atoms with Crippen LogP contribution in [0.5, 0.6) is 0 Å². The number of anilines is 3. The first-order valence-electron chi connectivity index (χ1n) is 13.0. The lowest BCUT2D eigenvalue weighted by atomic mass is 10.1. The second-order valence-corrected chi connectivity index (χ2v) is 10.6. The molecule has 3 amide bonds. The highest BCUT2D eigenvalue weighted by atomic mass is 32.2. The van der Waals surface area contributed by atoms with Crippen molar-refractivity contribution in [2.24, 2.45) is 0 Å². The third-order valence-electron chi connectivity index (χ3n) is 6.01. The van der Waals surface area contributed by atoms with E-state index in [1.165, 1.54) is 11.8 Å². The number of hydrogen-bond donors (Lipinski definition) is 3. The summed E-state index contributed by atoms with van der Waals surface area (Å²) in [6.45, 7) is 1.97. The Bertz CT molecular complexity index is 1550. The summed E-state index contributed by atoms with van der Waals surface area (Å²) in [6, 6.07) is 31.3. The van der Waals surface area contributed by atoms with Crippen LogP contribution >= 0.6 is 11.8 Å². The second-order valence-electron chi connectivity index (χ2n) is 9.55. The van der Waals surface area contributed by atoms with Crippen LogP contribution in [-0.2, 0) is 9.59 Å². The van der Waals surface area contributed by atoms with Gasteiger partial charge in [-0.15, -0.1) is 11.8 Å². The molecule has 0 unspecified atom stereocenters. The maximum atomic E-state index is 13.4. The van der Waals surface area contributed by atoms with Crippen LogP contribution in [-0.4, -0.2) is 37.6 Å². The molecule has 0 aliphatic rings. The van der Waals surface area contributed by atoms with E-state index in [2.05, 4.69) is 16.0 Å². The van der Waals surface area contributed by atoms with Gasteiger partial charge in [0.25, 0.3) is 11.8 Å². The molecule has 208 valence electrons. The number of rotatable bonds is 10. The Morgan fingerprint density at radius 2 is 1.46 bits per heavy atom. The third kappa shape index (κ3) is 8.84. The summed E-state index contributed by atoms with van der Waals surface area (Å²) >= 11 is 1.36. The second kappa shape index (κ2) is 14.0. The quantitative estimate of drug-likeness (QED) is 0.158. The molecule has 8 heteroatoms. The van der Waals surface area contributed by atoms with Crippen molar-refractivity contribution in [1.29, 1.82) is 0 Å². The number of aryl methyl sites for hydroxylation is 1. The monoisotopic (exact) mass is 564 g/mol. The van der Waals surface area contributed by atoms with Crippen LogP contribution in [0.1, 0.15) is 21.5 Å². The fourth-order valence-electron chi connectivity index (χ4n) is 3.91. The molecule has 0 aliphatic heterocycles. The molecule has 0 bridgehead atoms. The molecule has 0 heterocycles. The number of thioether (sulfide) groups is 1. The number of carbonyl (C=O) groups is 3. The van der Waals surface area contributed by atoms with Gasteiger partial charge in [0.1, 0.15) is 5.70 Å². The van der Waals surface area contributed by atoms with Gasteiger partial charge in [-0.1, -0.05) is 48.5 Å².